The lowest BCUT2D eigenvalue weighted by Crippen LogP contribution is -2.12. The van der Waals surface area contributed by atoms with Crippen molar-refractivity contribution >= 4 is 23.6 Å². The molecule has 0 saturated carbocycles. The quantitative estimate of drug-likeness (QED) is 0.697. The molecule has 0 spiro atoms. The van der Waals surface area contributed by atoms with Crippen LogP contribution in [0.2, 0.25) is 0 Å². The van der Waals surface area contributed by atoms with Crippen molar-refractivity contribution in [1.29, 1.82) is 0 Å². The number of aryl methyl sites for hydroxylation is 1. The second kappa shape index (κ2) is 4.27. The lowest BCUT2D eigenvalue weighted by Gasteiger charge is -2.20. The van der Waals surface area contributed by atoms with E-state index >= 15 is 0 Å². The van der Waals surface area contributed by atoms with E-state index in [4.69, 9.17) is 0 Å². The number of anilines is 1. The van der Waals surface area contributed by atoms with Gasteiger partial charge in [0.15, 0.2) is 0 Å². The van der Waals surface area contributed by atoms with Gasteiger partial charge in [0, 0.05) is 5.69 Å². The smallest absolute Gasteiger partial charge is 0.280 e. The van der Waals surface area contributed by atoms with E-state index in [2.05, 4.69) is 44.8 Å². The highest BCUT2D eigenvalue weighted by Crippen LogP contribution is 2.26. The van der Waals surface area contributed by atoms with Crippen molar-refractivity contribution in [3.8, 4) is 0 Å². The van der Waals surface area contributed by atoms with Crippen LogP contribution in [0.15, 0.2) is 18.2 Å². The number of thiol groups is 1. The van der Waals surface area contributed by atoms with E-state index in [1.165, 1.54) is 5.56 Å². The van der Waals surface area contributed by atoms with Crippen LogP contribution in [0.1, 0.15) is 31.9 Å². The Bertz CT molecular complexity index is 380. The Hall–Kier alpha value is -0.960. The number of benzene rings is 1. The lowest BCUT2D eigenvalue weighted by molar-refractivity contribution is 0.270. The summed E-state index contributed by atoms with van der Waals surface area (Å²) in [6, 6.07) is 6.05. The van der Waals surface area contributed by atoms with Crippen molar-refractivity contribution in [3.63, 3.8) is 0 Å². The maximum absolute atomic E-state index is 10.8. The third-order valence-electron chi connectivity index (χ3n) is 2.33. The SMILES string of the molecule is Cc1cc(C(C)(C)C)ccc1NC(=O)S. The van der Waals surface area contributed by atoms with Crippen LogP contribution in [0.25, 0.3) is 0 Å². The van der Waals surface area contributed by atoms with Gasteiger partial charge in [-0.1, -0.05) is 45.5 Å². The van der Waals surface area contributed by atoms with E-state index in [-0.39, 0.29) is 10.7 Å². The minimum atomic E-state index is -0.332. The topological polar surface area (TPSA) is 29.1 Å². The Kier molecular flexibility index (Phi) is 3.45. The highest BCUT2D eigenvalue weighted by Gasteiger charge is 2.14. The fourth-order valence-electron chi connectivity index (χ4n) is 1.39. The van der Waals surface area contributed by atoms with E-state index in [9.17, 15) is 4.79 Å². The summed E-state index contributed by atoms with van der Waals surface area (Å²) in [5, 5.41) is 2.35. The first kappa shape index (κ1) is 12.1. The molecule has 0 fully saturated rings. The number of nitrogens with one attached hydrogen (secondary N) is 1. The molecule has 0 aromatic heterocycles. The number of rotatable bonds is 1. The molecule has 3 heteroatoms. The standard InChI is InChI=1S/C12H17NOS/c1-8-7-9(12(2,3)4)5-6-10(8)13-11(14)15/h5-7H,1-4H3,(H2,13,14,15). The van der Waals surface area contributed by atoms with Crippen LogP contribution >= 0.6 is 12.6 Å². The zero-order valence-electron chi connectivity index (χ0n) is 9.59. The molecule has 2 nitrogen and oxygen atoms in total. The van der Waals surface area contributed by atoms with Gasteiger partial charge in [-0.25, -0.2) is 0 Å². The van der Waals surface area contributed by atoms with Crippen LogP contribution in [0.3, 0.4) is 0 Å². The number of carbonyl (C=O) groups is 1. The van der Waals surface area contributed by atoms with Gasteiger partial charge in [-0.15, -0.1) is 0 Å². The number of hydrogen-bond acceptors (Lipinski definition) is 1. The summed E-state index contributed by atoms with van der Waals surface area (Å²) in [5.41, 5.74) is 3.28. The van der Waals surface area contributed by atoms with Crippen molar-refractivity contribution in [2.45, 2.75) is 33.1 Å². The van der Waals surface area contributed by atoms with Gasteiger partial charge in [-0.2, -0.15) is 0 Å². The Morgan fingerprint density at radius 2 is 1.93 bits per heavy atom. The second-order valence-corrected chi connectivity index (χ2v) is 5.12. The van der Waals surface area contributed by atoms with Gasteiger partial charge in [0.1, 0.15) is 0 Å². The van der Waals surface area contributed by atoms with Gasteiger partial charge in [0.05, 0.1) is 0 Å². The molecule has 0 aliphatic carbocycles. The van der Waals surface area contributed by atoms with Crippen LogP contribution in [-0.2, 0) is 5.41 Å². The summed E-state index contributed by atoms with van der Waals surface area (Å²) >= 11 is 3.69. The van der Waals surface area contributed by atoms with E-state index in [0.717, 1.165) is 11.3 Å². The molecule has 1 rings (SSSR count). The molecule has 0 radical (unpaired) electrons. The molecule has 15 heavy (non-hydrogen) atoms. The van der Waals surface area contributed by atoms with Crippen molar-refractivity contribution < 1.29 is 4.79 Å². The van der Waals surface area contributed by atoms with Crippen LogP contribution in [0.5, 0.6) is 0 Å². The van der Waals surface area contributed by atoms with Gasteiger partial charge >= 0.3 is 0 Å². The van der Waals surface area contributed by atoms with Crippen molar-refractivity contribution in [2.24, 2.45) is 0 Å². The first-order valence-corrected chi connectivity index (χ1v) is 5.36. The van der Waals surface area contributed by atoms with Gasteiger partial charge in [-0.05, 0) is 29.5 Å². The number of carbonyl (C=O) groups excluding carboxylic acids is 1. The minimum absolute atomic E-state index is 0.133. The highest BCUT2D eigenvalue weighted by atomic mass is 32.1. The molecule has 0 aliphatic heterocycles. The van der Waals surface area contributed by atoms with E-state index in [1.54, 1.807) is 0 Å². The van der Waals surface area contributed by atoms with Gasteiger partial charge in [0.25, 0.3) is 5.24 Å². The average Bonchev–Trinajstić information content (AvgIpc) is 2.05. The number of amides is 1. The summed E-state index contributed by atoms with van der Waals surface area (Å²) in [4.78, 5) is 10.8. The monoisotopic (exact) mass is 223 g/mol. The maximum atomic E-state index is 10.8. The molecule has 1 aromatic carbocycles. The van der Waals surface area contributed by atoms with Crippen LogP contribution in [0, 0.1) is 6.92 Å². The van der Waals surface area contributed by atoms with Crippen molar-refractivity contribution in [3.05, 3.63) is 29.3 Å². The Morgan fingerprint density at radius 3 is 2.33 bits per heavy atom. The molecule has 0 heterocycles. The largest absolute Gasteiger partial charge is 0.317 e. The average molecular weight is 223 g/mol. The minimum Gasteiger partial charge on any atom is -0.317 e. The molecule has 1 aromatic rings. The summed E-state index contributed by atoms with van der Waals surface area (Å²) in [6.07, 6.45) is 0. The van der Waals surface area contributed by atoms with E-state index in [1.807, 2.05) is 19.1 Å². The molecule has 0 aliphatic rings. The third kappa shape index (κ3) is 3.27. The maximum Gasteiger partial charge on any atom is 0.280 e. The molecule has 82 valence electrons. The molecular weight excluding hydrogens is 206 g/mol. The second-order valence-electron chi connectivity index (χ2n) is 4.71. The molecule has 1 N–H and O–H groups in total. The molecule has 0 atom stereocenters. The Morgan fingerprint density at radius 1 is 1.33 bits per heavy atom. The zero-order chi connectivity index (χ0) is 11.6. The summed E-state index contributed by atoms with van der Waals surface area (Å²) < 4.78 is 0. The fourth-order valence-corrected chi connectivity index (χ4v) is 1.51. The lowest BCUT2D eigenvalue weighted by atomic mass is 9.86. The predicted molar refractivity (Wildman–Crippen MR) is 67.9 cm³/mol. The molecule has 0 saturated heterocycles. The molecular formula is C12H17NOS. The van der Waals surface area contributed by atoms with Crippen LogP contribution in [-0.4, -0.2) is 5.24 Å². The van der Waals surface area contributed by atoms with Crippen molar-refractivity contribution in [1.82, 2.24) is 0 Å². The normalized spacial score (nSPS) is 11.3. The van der Waals surface area contributed by atoms with E-state index < -0.39 is 0 Å². The predicted octanol–water partition coefficient (Wildman–Crippen LogP) is 3.75. The van der Waals surface area contributed by atoms with Crippen LogP contribution < -0.4 is 5.32 Å². The molecule has 0 unspecified atom stereocenters. The highest BCUT2D eigenvalue weighted by molar-refractivity contribution is 7.96. The van der Waals surface area contributed by atoms with Crippen LogP contribution in [0.4, 0.5) is 10.5 Å². The van der Waals surface area contributed by atoms with E-state index in [0.29, 0.717) is 0 Å². The van der Waals surface area contributed by atoms with Crippen molar-refractivity contribution in [2.75, 3.05) is 5.32 Å². The first-order valence-electron chi connectivity index (χ1n) is 4.92. The summed E-state index contributed by atoms with van der Waals surface area (Å²) in [7, 11) is 0. The molecule has 0 bridgehead atoms. The summed E-state index contributed by atoms with van der Waals surface area (Å²) in [5.74, 6) is 0. The summed E-state index contributed by atoms with van der Waals surface area (Å²) in [6.45, 7) is 8.48. The molecule has 1 amide bonds. The Balaban J connectivity index is 3.03. The first-order chi connectivity index (χ1) is 6.80. The van der Waals surface area contributed by atoms with Gasteiger partial charge < -0.3 is 5.32 Å². The van der Waals surface area contributed by atoms with Gasteiger partial charge in [0.2, 0.25) is 0 Å². The Labute approximate surface area is 96.5 Å². The van der Waals surface area contributed by atoms with Gasteiger partial charge in [-0.3, -0.25) is 4.79 Å². The zero-order valence-corrected chi connectivity index (χ0v) is 10.5. The fraction of sp³-hybridized carbons (Fsp3) is 0.417. The third-order valence-corrected chi connectivity index (χ3v) is 2.45. The number of hydrogen-bond donors (Lipinski definition) is 2.